The number of carbonyl (C=O) groups is 1. The zero-order valence-electron chi connectivity index (χ0n) is 11.4. The standard InChI is InChI=1S/C16H19NO2/c1-12(14-8-9-14)17(2)16(19)15-7-3-5-13(11-15)6-4-10-18/h3,5,7,11-12,14,18H,8-10H2,1-2H3. The molecule has 1 amide bonds. The van der Waals surface area contributed by atoms with Crippen molar-refractivity contribution in [3.05, 3.63) is 35.4 Å². The molecular weight excluding hydrogens is 238 g/mol. The van der Waals surface area contributed by atoms with Gasteiger partial charge >= 0.3 is 0 Å². The molecule has 1 unspecified atom stereocenters. The molecule has 1 N–H and O–H groups in total. The van der Waals surface area contributed by atoms with Crippen molar-refractivity contribution in [3.63, 3.8) is 0 Å². The first kappa shape index (κ1) is 13.6. The van der Waals surface area contributed by atoms with Crippen LogP contribution in [0.3, 0.4) is 0 Å². The van der Waals surface area contributed by atoms with Crippen molar-refractivity contribution < 1.29 is 9.90 Å². The summed E-state index contributed by atoms with van der Waals surface area (Å²) in [5, 5.41) is 8.69. The summed E-state index contributed by atoms with van der Waals surface area (Å²) in [5.74, 6) is 6.11. The molecule has 1 aromatic rings. The number of carbonyl (C=O) groups excluding carboxylic acids is 1. The van der Waals surface area contributed by atoms with Gasteiger partial charge in [0, 0.05) is 24.2 Å². The molecule has 0 saturated heterocycles. The van der Waals surface area contributed by atoms with Gasteiger partial charge in [0.1, 0.15) is 6.61 Å². The highest BCUT2D eigenvalue weighted by atomic mass is 16.2. The van der Waals surface area contributed by atoms with Crippen LogP contribution in [0.4, 0.5) is 0 Å². The van der Waals surface area contributed by atoms with Crippen LogP contribution in [0.15, 0.2) is 24.3 Å². The minimum atomic E-state index is -0.170. The SMILES string of the molecule is CC(C1CC1)N(C)C(=O)c1cccc(C#CCO)c1. The summed E-state index contributed by atoms with van der Waals surface area (Å²) in [6.45, 7) is 1.93. The molecule has 0 radical (unpaired) electrons. The van der Waals surface area contributed by atoms with E-state index in [-0.39, 0.29) is 12.5 Å². The zero-order valence-corrected chi connectivity index (χ0v) is 11.4. The van der Waals surface area contributed by atoms with E-state index in [1.165, 1.54) is 12.8 Å². The van der Waals surface area contributed by atoms with E-state index in [4.69, 9.17) is 5.11 Å². The van der Waals surface area contributed by atoms with Crippen LogP contribution in [0, 0.1) is 17.8 Å². The Balaban J connectivity index is 2.13. The molecule has 0 aliphatic heterocycles. The topological polar surface area (TPSA) is 40.5 Å². The number of hydrogen-bond acceptors (Lipinski definition) is 2. The predicted octanol–water partition coefficient (Wildman–Crippen LogP) is 1.90. The van der Waals surface area contributed by atoms with Crippen molar-refractivity contribution in [2.24, 2.45) is 5.92 Å². The largest absolute Gasteiger partial charge is 0.384 e. The van der Waals surface area contributed by atoms with Crippen LogP contribution in [0.25, 0.3) is 0 Å². The normalized spacial score (nSPS) is 15.3. The minimum Gasteiger partial charge on any atom is -0.384 e. The van der Waals surface area contributed by atoms with Gasteiger partial charge in [-0.25, -0.2) is 0 Å². The summed E-state index contributed by atoms with van der Waals surface area (Å²) < 4.78 is 0. The number of amides is 1. The number of rotatable bonds is 3. The van der Waals surface area contributed by atoms with Crippen LogP contribution in [-0.2, 0) is 0 Å². The zero-order chi connectivity index (χ0) is 13.8. The van der Waals surface area contributed by atoms with Crippen LogP contribution in [0.2, 0.25) is 0 Å². The Morgan fingerprint density at radius 1 is 1.53 bits per heavy atom. The molecule has 0 aromatic heterocycles. The van der Waals surface area contributed by atoms with Crippen molar-refractivity contribution in [2.75, 3.05) is 13.7 Å². The van der Waals surface area contributed by atoms with Gasteiger partial charge in [-0.05, 0) is 43.9 Å². The van der Waals surface area contributed by atoms with Crippen molar-refractivity contribution >= 4 is 5.91 Å². The second kappa shape index (κ2) is 5.90. The van der Waals surface area contributed by atoms with E-state index in [0.717, 1.165) is 5.56 Å². The minimum absolute atomic E-state index is 0.0343. The molecule has 19 heavy (non-hydrogen) atoms. The maximum Gasteiger partial charge on any atom is 0.253 e. The lowest BCUT2D eigenvalue weighted by Gasteiger charge is -2.25. The second-order valence-electron chi connectivity index (χ2n) is 5.03. The third-order valence-electron chi connectivity index (χ3n) is 3.66. The molecule has 1 fully saturated rings. The fraction of sp³-hybridized carbons (Fsp3) is 0.438. The third kappa shape index (κ3) is 3.36. The number of benzene rings is 1. The van der Waals surface area contributed by atoms with E-state index in [1.54, 1.807) is 6.07 Å². The van der Waals surface area contributed by atoms with Crippen LogP contribution in [-0.4, -0.2) is 35.6 Å². The summed E-state index contributed by atoms with van der Waals surface area (Å²) >= 11 is 0. The van der Waals surface area contributed by atoms with Crippen LogP contribution >= 0.6 is 0 Å². The molecule has 1 atom stereocenters. The average molecular weight is 257 g/mol. The van der Waals surface area contributed by atoms with E-state index in [2.05, 4.69) is 18.8 Å². The predicted molar refractivity (Wildman–Crippen MR) is 74.7 cm³/mol. The van der Waals surface area contributed by atoms with Crippen LogP contribution in [0.1, 0.15) is 35.7 Å². The maximum absolute atomic E-state index is 12.4. The lowest BCUT2D eigenvalue weighted by molar-refractivity contribution is 0.0727. The van der Waals surface area contributed by atoms with Crippen molar-refractivity contribution in [1.82, 2.24) is 4.90 Å². The molecule has 3 nitrogen and oxygen atoms in total. The van der Waals surface area contributed by atoms with Gasteiger partial charge in [-0.2, -0.15) is 0 Å². The van der Waals surface area contributed by atoms with Crippen molar-refractivity contribution in [2.45, 2.75) is 25.8 Å². The lowest BCUT2D eigenvalue weighted by Crippen LogP contribution is -2.36. The molecular formula is C16H19NO2. The molecule has 0 spiro atoms. The average Bonchev–Trinajstić information content (AvgIpc) is 3.27. The number of aliphatic hydroxyl groups excluding tert-OH is 1. The first-order valence-corrected chi connectivity index (χ1v) is 6.60. The summed E-state index contributed by atoms with van der Waals surface area (Å²) in [6.07, 6.45) is 2.45. The molecule has 0 heterocycles. The summed E-state index contributed by atoms with van der Waals surface area (Å²) in [6, 6.07) is 7.54. The Hall–Kier alpha value is -1.79. The smallest absolute Gasteiger partial charge is 0.253 e. The van der Waals surface area contributed by atoms with Gasteiger partial charge in [0.25, 0.3) is 5.91 Å². The first-order valence-electron chi connectivity index (χ1n) is 6.60. The fourth-order valence-electron chi connectivity index (χ4n) is 2.16. The first-order chi connectivity index (χ1) is 9.13. The second-order valence-corrected chi connectivity index (χ2v) is 5.03. The number of hydrogen-bond donors (Lipinski definition) is 1. The van der Waals surface area contributed by atoms with Gasteiger partial charge in [-0.15, -0.1) is 0 Å². The molecule has 1 aliphatic carbocycles. The molecule has 1 aliphatic rings. The Kier molecular flexibility index (Phi) is 4.24. The van der Waals surface area contributed by atoms with Gasteiger partial charge in [-0.1, -0.05) is 17.9 Å². The summed E-state index contributed by atoms with van der Waals surface area (Å²) in [5.41, 5.74) is 1.41. The third-order valence-corrected chi connectivity index (χ3v) is 3.66. The van der Waals surface area contributed by atoms with Crippen molar-refractivity contribution in [3.8, 4) is 11.8 Å². The van der Waals surface area contributed by atoms with E-state index in [9.17, 15) is 4.79 Å². The van der Waals surface area contributed by atoms with Gasteiger partial charge in [0.2, 0.25) is 0 Å². The van der Waals surface area contributed by atoms with E-state index < -0.39 is 0 Å². The molecule has 100 valence electrons. The van der Waals surface area contributed by atoms with Gasteiger partial charge < -0.3 is 10.0 Å². The van der Waals surface area contributed by atoms with Crippen LogP contribution in [0.5, 0.6) is 0 Å². The Morgan fingerprint density at radius 3 is 2.89 bits per heavy atom. The highest BCUT2D eigenvalue weighted by Gasteiger charge is 2.32. The summed E-state index contributed by atoms with van der Waals surface area (Å²) in [4.78, 5) is 14.2. The lowest BCUT2D eigenvalue weighted by atomic mass is 10.1. The highest BCUT2D eigenvalue weighted by Crippen LogP contribution is 2.35. The quantitative estimate of drug-likeness (QED) is 0.840. The van der Waals surface area contributed by atoms with Gasteiger partial charge in [-0.3, -0.25) is 4.79 Å². The number of aliphatic hydroxyl groups is 1. The molecule has 0 bridgehead atoms. The highest BCUT2D eigenvalue weighted by molar-refractivity contribution is 5.94. The monoisotopic (exact) mass is 257 g/mol. The van der Waals surface area contributed by atoms with Gasteiger partial charge in [0.05, 0.1) is 0 Å². The molecule has 1 aromatic carbocycles. The van der Waals surface area contributed by atoms with Gasteiger partial charge in [0.15, 0.2) is 0 Å². The van der Waals surface area contributed by atoms with E-state index in [1.807, 2.05) is 30.1 Å². The number of nitrogens with zero attached hydrogens (tertiary/aromatic N) is 1. The Labute approximate surface area is 114 Å². The molecule has 2 rings (SSSR count). The summed E-state index contributed by atoms with van der Waals surface area (Å²) in [7, 11) is 1.86. The van der Waals surface area contributed by atoms with E-state index >= 15 is 0 Å². The van der Waals surface area contributed by atoms with Crippen molar-refractivity contribution in [1.29, 1.82) is 0 Å². The molecule has 3 heteroatoms. The van der Waals surface area contributed by atoms with Crippen LogP contribution < -0.4 is 0 Å². The van der Waals surface area contributed by atoms with E-state index in [0.29, 0.717) is 17.5 Å². The Bertz CT molecular complexity index is 523. The fourth-order valence-corrected chi connectivity index (χ4v) is 2.16. The molecule has 1 saturated carbocycles. The Morgan fingerprint density at radius 2 is 2.26 bits per heavy atom. The maximum atomic E-state index is 12.4.